The molecule has 5 heteroatoms. The average molecular weight is 161 g/mol. The lowest BCUT2D eigenvalue weighted by Crippen LogP contribution is -1.98. The summed E-state index contributed by atoms with van der Waals surface area (Å²) < 4.78 is 23.2. The van der Waals surface area contributed by atoms with Gasteiger partial charge in [-0.3, -0.25) is 0 Å². The van der Waals surface area contributed by atoms with Crippen LogP contribution in [0.2, 0.25) is 0 Å². The van der Waals surface area contributed by atoms with Crippen LogP contribution >= 0.6 is 0 Å². The maximum atomic E-state index is 10.1. The lowest BCUT2D eigenvalue weighted by molar-refractivity contribution is 0.555. The number of aromatic nitrogens is 1. The Morgan fingerprint density at radius 3 is 3.10 bits per heavy atom. The number of aryl methyl sites for hydroxylation is 1. The Labute approximate surface area is 60.6 Å². The zero-order chi connectivity index (χ0) is 7.40. The fraction of sp³-hybridized carbons (Fsp3) is 0.400. The molecule has 0 saturated carbocycles. The molecule has 0 spiro atoms. The first kappa shape index (κ1) is 7.43. The largest absolute Gasteiger partial charge is 0.451 e. The van der Waals surface area contributed by atoms with Crippen molar-refractivity contribution in [2.45, 2.75) is 6.42 Å². The third-order valence-electron chi connectivity index (χ3n) is 1.02. The molecule has 4 nitrogen and oxygen atoms in total. The normalized spacial score (nSPS) is 13.3. The number of nitrogens with zero attached hydrogens (tertiary/aromatic N) is 1. The summed E-state index contributed by atoms with van der Waals surface area (Å²) in [7, 11) is 0. The van der Waals surface area contributed by atoms with E-state index in [4.69, 9.17) is 4.55 Å². The van der Waals surface area contributed by atoms with Crippen LogP contribution in [0.3, 0.4) is 0 Å². The fourth-order valence-corrected chi connectivity index (χ4v) is 0.937. The summed E-state index contributed by atoms with van der Waals surface area (Å²) in [5.74, 6) is 0.215. The van der Waals surface area contributed by atoms with Gasteiger partial charge in [0.05, 0.1) is 11.4 Å². The number of hydrogen-bond donors (Lipinski definition) is 1. The zero-order valence-electron chi connectivity index (χ0n) is 5.19. The Morgan fingerprint density at radius 1 is 1.80 bits per heavy atom. The molecule has 0 bridgehead atoms. The van der Waals surface area contributed by atoms with Gasteiger partial charge in [0.1, 0.15) is 6.26 Å². The number of oxazole rings is 1. The topological polar surface area (TPSA) is 63.3 Å². The summed E-state index contributed by atoms with van der Waals surface area (Å²) in [6.45, 7) is 0. The van der Waals surface area contributed by atoms with E-state index in [1.54, 1.807) is 0 Å². The lowest BCUT2D eigenvalue weighted by Gasteiger charge is -1.88. The maximum Gasteiger partial charge on any atom is 0.180 e. The minimum absolute atomic E-state index is 0.215. The van der Waals surface area contributed by atoms with E-state index in [1.807, 2.05) is 0 Å². The second-order valence-electron chi connectivity index (χ2n) is 1.76. The average Bonchev–Trinajstić information content (AvgIpc) is 2.34. The predicted molar refractivity (Wildman–Crippen MR) is 35.8 cm³/mol. The fourth-order valence-electron chi connectivity index (χ4n) is 0.553. The van der Waals surface area contributed by atoms with Gasteiger partial charge in [-0.25, -0.2) is 9.19 Å². The Kier molecular flexibility index (Phi) is 2.58. The second-order valence-corrected chi connectivity index (χ2v) is 2.81. The van der Waals surface area contributed by atoms with Crippen LogP contribution in [-0.2, 0) is 17.5 Å². The molecule has 1 heterocycles. The minimum atomic E-state index is -1.73. The third kappa shape index (κ3) is 2.28. The Bertz CT molecular complexity index is 209. The molecule has 1 atom stereocenters. The van der Waals surface area contributed by atoms with Gasteiger partial charge in [0, 0.05) is 6.42 Å². The van der Waals surface area contributed by atoms with Crippen LogP contribution in [0.5, 0.6) is 0 Å². The lowest BCUT2D eigenvalue weighted by atomic mass is 10.4. The highest BCUT2D eigenvalue weighted by molar-refractivity contribution is 7.79. The molecule has 1 aromatic heterocycles. The van der Waals surface area contributed by atoms with Gasteiger partial charge in [0.25, 0.3) is 0 Å². The van der Waals surface area contributed by atoms with E-state index in [0.717, 1.165) is 0 Å². The SMILES string of the molecule is O=S(O)CCc1cocn1. The van der Waals surface area contributed by atoms with Gasteiger partial charge in [-0.1, -0.05) is 0 Å². The summed E-state index contributed by atoms with van der Waals surface area (Å²) in [4.78, 5) is 3.78. The van der Waals surface area contributed by atoms with Crippen molar-refractivity contribution < 1.29 is 13.2 Å². The third-order valence-corrected chi connectivity index (χ3v) is 1.57. The van der Waals surface area contributed by atoms with Crippen molar-refractivity contribution in [2.75, 3.05) is 5.75 Å². The van der Waals surface area contributed by atoms with Gasteiger partial charge in [-0.05, 0) is 0 Å². The Balaban J connectivity index is 2.35. The molecule has 0 fully saturated rings. The van der Waals surface area contributed by atoms with E-state index in [-0.39, 0.29) is 5.75 Å². The first-order valence-corrected chi connectivity index (χ1v) is 4.01. The molecule has 0 amide bonds. The van der Waals surface area contributed by atoms with Gasteiger partial charge >= 0.3 is 0 Å². The predicted octanol–water partition coefficient (Wildman–Crippen LogP) is 0.439. The monoisotopic (exact) mass is 161 g/mol. The summed E-state index contributed by atoms with van der Waals surface area (Å²) in [5, 5.41) is 0. The molecule has 0 saturated heterocycles. The Hall–Kier alpha value is -0.680. The first-order chi connectivity index (χ1) is 4.79. The molecule has 10 heavy (non-hydrogen) atoms. The molecule has 0 radical (unpaired) electrons. The highest BCUT2D eigenvalue weighted by atomic mass is 32.2. The van der Waals surface area contributed by atoms with Crippen LogP contribution in [-0.4, -0.2) is 19.5 Å². The van der Waals surface area contributed by atoms with Crippen LogP contribution in [0.1, 0.15) is 5.69 Å². The molecule has 0 aliphatic heterocycles. The van der Waals surface area contributed by atoms with Gasteiger partial charge < -0.3 is 8.97 Å². The van der Waals surface area contributed by atoms with E-state index in [1.165, 1.54) is 12.7 Å². The first-order valence-electron chi connectivity index (χ1n) is 2.73. The smallest absolute Gasteiger partial charge is 0.180 e. The highest BCUT2D eigenvalue weighted by Crippen LogP contribution is 1.95. The van der Waals surface area contributed by atoms with Crippen LogP contribution in [0.4, 0.5) is 0 Å². The standard InChI is InChI=1S/C5H7NO3S/c7-10(8)2-1-5-3-9-4-6-5/h3-4H,1-2H2,(H,7,8). The van der Waals surface area contributed by atoms with E-state index >= 15 is 0 Å². The molecule has 0 aliphatic carbocycles. The molecule has 0 aliphatic rings. The van der Waals surface area contributed by atoms with Gasteiger partial charge in [-0.2, -0.15) is 0 Å². The van der Waals surface area contributed by atoms with Crippen molar-refractivity contribution in [3.8, 4) is 0 Å². The molecule has 1 aromatic rings. The molecule has 1 N–H and O–H groups in total. The minimum Gasteiger partial charge on any atom is -0.451 e. The summed E-state index contributed by atoms with van der Waals surface area (Å²) in [5.41, 5.74) is 0.711. The van der Waals surface area contributed by atoms with E-state index in [0.29, 0.717) is 12.1 Å². The van der Waals surface area contributed by atoms with Gasteiger partial charge in [0.2, 0.25) is 0 Å². The number of hydrogen-bond acceptors (Lipinski definition) is 3. The summed E-state index contributed by atoms with van der Waals surface area (Å²) >= 11 is -1.73. The maximum absolute atomic E-state index is 10.1. The quantitative estimate of drug-likeness (QED) is 0.653. The van der Waals surface area contributed by atoms with Crippen LogP contribution in [0.25, 0.3) is 0 Å². The molecule has 0 aromatic carbocycles. The molecular formula is C5H7NO3S. The van der Waals surface area contributed by atoms with Crippen molar-refractivity contribution in [1.29, 1.82) is 0 Å². The van der Waals surface area contributed by atoms with Crippen molar-refractivity contribution in [3.63, 3.8) is 0 Å². The molecule has 1 unspecified atom stereocenters. The van der Waals surface area contributed by atoms with Crippen LogP contribution in [0, 0.1) is 0 Å². The van der Waals surface area contributed by atoms with Crippen molar-refractivity contribution in [3.05, 3.63) is 18.4 Å². The van der Waals surface area contributed by atoms with Gasteiger partial charge in [-0.15, -0.1) is 0 Å². The van der Waals surface area contributed by atoms with Crippen LogP contribution < -0.4 is 0 Å². The highest BCUT2D eigenvalue weighted by Gasteiger charge is 1.98. The van der Waals surface area contributed by atoms with Crippen LogP contribution in [0.15, 0.2) is 17.1 Å². The molecule has 1 rings (SSSR count). The van der Waals surface area contributed by atoms with Crippen molar-refractivity contribution in [1.82, 2.24) is 4.98 Å². The van der Waals surface area contributed by atoms with E-state index in [9.17, 15) is 4.21 Å². The van der Waals surface area contributed by atoms with Gasteiger partial charge in [0.15, 0.2) is 17.5 Å². The summed E-state index contributed by atoms with van der Waals surface area (Å²) in [6.07, 6.45) is 3.25. The molecular weight excluding hydrogens is 154 g/mol. The van der Waals surface area contributed by atoms with Crippen molar-refractivity contribution >= 4 is 11.1 Å². The molecule has 56 valence electrons. The van der Waals surface area contributed by atoms with E-state index < -0.39 is 11.1 Å². The number of rotatable bonds is 3. The summed E-state index contributed by atoms with van der Waals surface area (Å²) in [6, 6.07) is 0. The van der Waals surface area contributed by atoms with Crippen molar-refractivity contribution in [2.24, 2.45) is 0 Å². The Morgan fingerprint density at radius 2 is 2.60 bits per heavy atom. The second kappa shape index (κ2) is 3.48. The zero-order valence-corrected chi connectivity index (χ0v) is 6.00. The van der Waals surface area contributed by atoms with E-state index in [2.05, 4.69) is 9.40 Å².